The molecule has 2 atom stereocenters. The molecule has 3 aromatic carbocycles. The molecule has 3 aromatic rings. The van der Waals surface area contributed by atoms with E-state index in [4.69, 9.17) is 9.47 Å². The molecule has 5 nitrogen and oxygen atoms in total. The molecule has 1 heterocycles. The van der Waals surface area contributed by atoms with Crippen molar-refractivity contribution < 1.29 is 14.3 Å². The van der Waals surface area contributed by atoms with Gasteiger partial charge in [0.25, 0.3) is 5.91 Å². The molecule has 1 saturated heterocycles. The third-order valence-corrected chi connectivity index (χ3v) is 7.18. The van der Waals surface area contributed by atoms with Crippen molar-refractivity contribution in [1.29, 1.82) is 0 Å². The van der Waals surface area contributed by atoms with Crippen LogP contribution in [0.2, 0.25) is 0 Å². The quantitative estimate of drug-likeness (QED) is 0.385. The molecule has 0 unspecified atom stereocenters. The molecule has 1 aliphatic heterocycles. The summed E-state index contributed by atoms with van der Waals surface area (Å²) >= 11 is 0. The number of nitrogens with zero attached hydrogens (tertiary/aromatic N) is 2. The number of carbonyl (C=O) groups is 1. The van der Waals surface area contributed by atoms with E-state index in [0.717, 1.165) is 48.8 Å². The molecular weight excluding hydrogens is 448 g/mol. The second-order valence-electron chi connectivity index (χ2n) is 10.1. The van der Waals surface area contributed by atoms with Crippen molar-refractivity contribution in [3.63, 3.8) is 0 Å². The van der Waals surface area contributed by atoms with Crippen molar-refractivity contribution in [3.8, 4) is 11.5 Å². The molecule has 0 aliphatic carbocycles. The van der Waals surface area contributed by atoms with Crippen LogP contribution < -0.4 is 9.47 Å². The number of likely N-dealkylation sites (tertiary alicyclic amines) is 1. The van der Waals surface area contributed by atoms with E-state index in [1.165, 1.54) is 11.1 Å². The Morgan fingerprint density at radius 2 is 1.58 bits per heavy atom. The van der Waals surface area contributed by atoms with E-state index in [2.05, 4.69) is 62.1 Å². The fraction of sp³-hybridized carbons (Fsp3) is 0.387. The van der Waals surface area contributed by atoms with Gasteiger partial charge in [-0.05, 0) is 62.1 Å². The molecule has 0 saturated carbocycles. The van der Waals surface area contributed by atoms with Crippen molar-refractivity contribution in [1.82, 2.24) is 9.80 Å². The van der Waals surface area contributed by atoms with Gasteiger partial charge in [-0.1, -0.05) is 48.0 Å². The van der Waals surface area contributed by atoms with Crippen molar-refractivity contribution in [2.75, 3.05) is 33.9 Å². The largest absolute Gasteiger partial charge is 0.497 e. The highest BCUT2D eigenvalue weighted by Gasteiger charge is 2.36. The van der Waals surface area contributed by atoms with Gasteiger partial charge in [0.1, 0.15) is 11.5 Å². The average Bonchev–Trinajstić information content (AvgIpc) is 3.29. The summed E-state index contributed by atoms with van der Waals surface area (Å²) in [6.07, 6.45) is 0. The van der Waals surface area contributed by atoms with Gasteiger partial charge in [-0.15, -0.1) is 0 Å². The Balaban J connectivity index is 1.59. The van der Waals surface area contributed by atoms with Crippen molar-refractivity contribution in [3.05, 3.63) is 95.1 Å². The summed E-state index contributed by atoms with van der Waals surface area (Å²) < 4.78 is 11.0. The molecule has 190 valence electrons. The molecular formula is C31H38N2O3. The molecule has 0 N–H and O–H groups in total. The molecule has 1 fully saturated rings. The van der Waals surface area contributed by atoms with Crippen LogP contribution in [0.1, 0.15) is 46.8 Å². The Morgan fingerprint density at radius 1 is 0.944 bits per heavy atom. The third kappa shape index (κ3) is 6.08. The summed E-state index contributed by atoms with van der Waals surface area (Å²) in [5.74, 6) is 2.38. The lowest BCUT2D eigenvalue weighted by molar-refractivity contribution is 0.0668. The zero-order valence-electron chi connectivity index (χ0n) is 22.1. The van der Waals surface area contributed by atoms with E-state index in [-0.39, 0.29) is 11.9 Å². The summed E-state index contributed by atoms with van der Waals surface area (Å²) in [4.78, 5) is 18.0. The first-order valence-corrected chi connectivity index (χ1v) is 12.7. The Morgan fingerprint density at radius 3 is 2.17 bits per heavy atom. The second kappa shape index (κ2) is 11.6. The molecule has 5 heteroatoms. The minimum atomic E-state index is 0.101. The number of amides is 1. The molecule has 4 rings (SSSR count). The van der Waals surface area contributed by atoms with Gasteiger partial charge < -0.3 is 14.4 Å². The standard InChI is InChI=1S/C31H38N2O3/c1-22(2)33(31(34)26-9-7-6-8-10-26)20-27-19-32(21-30(27)25-13-11-23(3)12-14-25)18-24-15-28(35-4)17-29(16-24)36-5/h6-17,22,27,30H,18-21H2,1-5H3/t27-,30+/m0/s1. The molecule has 0 spiro atoms. The summed E-state index contributed by atoms with van der Waals surface area (Å²) in [7, 11) is 3.37. The number of carbonyl (C=O) groups excluding carboxylic acids is 1. The maximum Gasteiger partial charge on any atom is 0.254 e. The minimum absolute atomic E-state index is 0.101. The van der Waals surface area contributed by atoms with Crippen LogP contribution in [0.15, 0.2) is 72.8 Å². The summed E-state index contributed by atoms with van der Waals surface area (Å²) in [5, 5.41) is 0. The summed E-state index contributed by atoms with van der Waals surface area (Å²) in [6.45, 7) is 9.73. The van der Waals surface area contributed by atoms with Crippen molar-refractivity contribution in [2.24, 2.45) is 5.92 Å². The van der Waals surface area contributed by atoms with Gasteiger partial charge in [-0.3, -0.25) is 9.69 Å². The molecule has 0 bridgehead atoms. The first-order valence-electron chi connectivity index (χ1n) is 12.7. The normalized spacial score (nSPS) is 17.8. The van der Waals surface area contributed by atoms with Crippen molar-refractivity contribution in [2.45, 2.75) is 39.3 Å². The van der Waals surface area contributed by atoms with Gasteiger partial charge in [0.2, 0.25) is 0 Å². The smallest absolute Gasteiger partial charge is 0.254 e. The second-order valence-corrected chi connectivity index (χ2v) is 10.1. The van der Waals surface area contributed by atoms with Gasteiger partial charge in [-0.2, -0.15) is 0 Å². The van der Waals surface area contributed by atoms with Gasteiger partial charge in [0.05, 0.1) is 14.2 Å². The Hall–Kier alpha value is -3.31. The number of hydrogen-bond donors (Lipinski definition) is 0. The zero-order valence-corrected chi connectivity index (χ0v) is 22.1. The van der Waals surface area contributed by atoms with Gasteiger partial charge in [0, 0.05) is 49.8 Å². The van der Waals surface area contributed by atoms with Crippen LogP contribution in [0.4, 0.5) is 0 Å². The monoisotopic (exact) mass is 486 g/mol. The lowest BCUT2D eigenvalue weighted by atomic mass is 9.88. The van der Waals surface area contributed by atoms with Crippen LogP contribution in [0.25, 0.3) is 0 Å². The van der Waals surface area contributed by atoms with Gasteiger partial charge in [0.15, 0.2) is 0 Å². The first-order chi connectivity index (χ1) is 17.4. The van der Waals surface area contributed by atoms with E-state index in [1.54, 1.807) is 14.2 Å². The van der Waals surface area contributed by atoms with Crippen LogP contribution in [0, 0.1) is 12.8 Å². The molecule has 1 amide bonds. The van der Waals surface area contributed by atoms with E-state index >= 15 is 0 Å². The van der Waals surface area contributed by atoms with E-state index in [9.17, 15) is 4.79 Å². The number of methoxy groups -OCH3 is 2. The minimum Gasteiger partial charge on any atom is -0.497 e. The maximum absolute atomic E-state index is 13.5. The fourth-order valence-electron chi connectivity index (χ4n) is 5.21. The number of aryl methyl sites for hydroxylation is 1. The summed E-state index contributed by atoms with van der Waals surface area (Å²) in [5.41, 5.74) is 4.51. The average molecular weight is 487 g/mol. The fourth-order valence-corrected chi connectivity index (χ4v) is 5.21. The van der Waals surface area contributed by atoms with Crippen LogP contribution in [0.5, 0.6) is 11.5 Å². The highest BCUT2D eigenvalue weighted by molar-refractivity contribution is 5.94. The van der Waals surface area contributed by atoms with Gasteiger partial charge >= 0.3 is 0 Å². The number of rotatable bonds is 9. The Kier molecular flexibility index (Phi) is 8.32. The topological polar surface area (TPSA) is 42.0 Å². The van der Waals surface area contributed by atoms with Crippen molar-refractivity contribution >= 4 is 5.91 Å². The Bertz CT molecular complexity index is 1120. The first kappa shape index (κ1) is 25.8. The molecule has 0 aromatic heterocycles. The van der Waals surface area contributed by atoms with Crippen LogP contribution >= 0.6 is 0 Å². The van der Waals surface area contributed by atoms with Crippen LogP contribution in [-0.4, -0.2) is 55.6 Å². The highest BCUT2D eigenvalue weighted by atomic mass is 16.5. The predicted molar refractivity (Wildman–Crippen MR) is 145 cm³/mol. The predicted octanol–water partition coefficient (Wildman–Crippen LogP) is 5.78. The van der Waals surface area contributed by atoms with E-state index < -0.39 is 0 Å². The SMILES string of the molecule is COc1cc(CN2C[C@@H](CN(C(=O)c3ccccc3)C(C)C)[C@@H](c3ccc(C)cc3)C2)cc(OC)c1. The molecule has 0 radical (unpaired) electrons. The van der Waals surface area contributed by atoms with E-state index in [0.29, 0.717) is 11.8 Å². The molecule has 36 heavy (non-hydrogen) atoms. The van der Waals surface area contributed by atoms with E-state index in [1.807, 2.05) is 41.3 Å². The lowest BCUT2D eigenvalue weighted by Crippen LogP contribution is -2.42. The highest BCUT2D eigenvalue weighted by Crippen LogP contribution is 2.35. The van der Waals surface area contributed by atoms with Crippen LogP contribution in [0.3, 0.4) is 0 Å². The zero-order chi connectivity index (χ0) is 25.7. The number of ether oxygens (including phenoxy) is 2. The number of benzene rings is 3. The van der Waals surface area contributed by atoms with Gasteiger partial charge in [-0.25, -0.2) is 0 Å². The van der Waals surface area contributed by atoms with Crippen LogP contribution in [-0.2, 0) is 6.54 Å². The lowest BCUT2D eigenvalue weighted by Gasteiger charge is -2.32. The third-order valence-electron chi connectivity index (χ3n) is 7.18. The maximum atomic E-state index is 13.5. The number of hydrogen-bond acceptors (Lipinski definition) is 4. The summed E-state index contributed by atoms with van der Waals surface area (Å²) in [6, 6.07) is 24.7. The molecule has 1 aliphatic rings. The Labute approximate surface area is 215 Å².